The molecule has 0 aliphatic heterocycles. The summed E-state index contributed by atoms with van der Waals surface area (Å²) in [6.07, 6.45) is 0. The van der Waals surface area contributed by atoms with Crippen molar-refractivity contribution in [3.63, 3.8) is 0 Å². The molecule has 0 aliphatic carbocycles. The first-order chi connectivity index (χ1) is 7.34. The third kappa shape index (κ3) is 3.06. The Hall–Kier alpha value is -0.870. The van der Waals surface area contributed by atoms with Crippen LogP contribution in [0.15, 0.2) is 23.1 Å². The summed E-state index contributed by atoms with van der Waals surface area (Å²) < 4.78 is 28.9. The van der Waals surface area contributed by atoms with Crippen molar-refractivity contribution in [2.45, 2.75) is 32.6 Å². The number of aryl methyl sites for hydroxylation is 2. The highest BCUT2D eigenvalue weighted by molar-refractivity contribution is 7.86. The van der Waals surface area contributed by atoms with Crippen LogP contribution in [-0.4, -0.2) is 15.0 Å². The zero-order valence-electron chi connectivity index (χ0n) is 10.1. The molecule has 0 aromatic heterocycles. The molecule has 0 heterocycles. The van der Waals surface area contributed by atoms with Crippen LogP contribution in [0.25, 0.3) is 0 Å². The van der Waals surface area contributed by atoms with Crippen molar-refractivity contribution < 1.29 is 12.6 Å². The lowest BCUT2D eigenvalue weighted by molar-refractivity contribution is 0.275. The minimum Gasteiger partial charge on any atom is -0.266 e. The van der Waals surface area contributed by atoms with Crippen molar-refractivity contribution >= 4 is 10.1 Å². The largest absolute Gasteiger partial charge is 0.297 e. The van der Waals surface area contributed by atoms with E-state index in [-0.39, 0.29) is 12.5 Å². The van der Waals surface area contributed by atoms with Crippen molar-refractivity contribution in [3.8, 4) is 0 Å². The second kappa shape index (κ2) is 4.97. The average Bonchev–Trinajstić information content (AvgIpc) is 2.14. The van der Waals surface area contributed by atoms with Crippen molar-refractivity contribution in [3.05, 3.63) is 29.3 Å². The van der Waals surface area contributed by atoms with Gasteiger partial charge in [0.1, 0.15) is 0 Å². The van der Waals surface area contributed by atoms with Crippen LogP contribution in [0.5, 0.6) is 0 Å². The Labute approximate surface area is 97.6 Å². The summed E-state index contributed by atoms with van der Waals surface area (Å²) in [7, 11) is -3.62. The van der Waals surface area contributed by atoms with Crippen LogP contribution in [0.3, 0.4) is 0 Å². The predicted octanol–water partition coefficient (Wildman–Crippen LogP) is 2.66. The summed E-state index contributed by atoms with van der Waals surface area (Å²) in [6.45, 7) is 7.60. The van der Waals surface area contributed by atoms with Crippen molar-refractivity contribution in [2.24, 2.45) is 5.92 Å². The van der Waals surface area contributed by atoms with Crippen LogP contribution in [-0.2, 0) is 14.3 Å². The Morgan fingerprint density at radius 3 is 2.12 bits per heavy atom. The van der Waals surface area contributed by atoms with E-state index in [1.807, 2.05) is 19.9 Å². The van der Waals surface area contributed by atoms with Gasteiger partial charge in [0.2, 0.25) is 0 Å². The monoisotopic (exact) mass is 242 g/mol. The Morgan fingerprint density at radius 2 is 1.69 bits per heavy atom. The minimum absolute atomic E-state index is 0.194. The molecule has 0 amide bonds. The molecule has 4 heteroatoms. The lowest BCUT2D eigenvalue weighted by Gasteiger charge is -2.11. The highest BCUT2D eigenvalue weighted by atomic mass is 32.2. The van der Waals surface area contributed by atoms with Crippen LogP contribution in [0, 0.1) is 19.8 Å². The lowest BCUT2D eigenvalue weighted by atomic mass is 10.2. The molecule has 0 aliphatic rings. The highest BCUT2D eigenvalue weighted by Crippen LogP contribution is 2.21. The lowest BCUT2D eigenvalue weighted by Crippen LogP contribution is -2.13. The second-order valence-corrected chi connectivity index (χ2v) is 5.91. The van der Waals surface area contributed by atoms with Gasteiger partial charge >= 0.3 is 0 Å². The molecule has 3 nitrogen and oxygen atoms in total. The van der Waals surface area contributed by atoms with Crippen LogP contribution in [0.2, 0.25) is 0 Å². The third-order valence-electron chi connectivity index (χ3n) is 2.22. The van der Waals surface area contributed by atoms with E-state index in [0.29, 0.717) is 4.90 Å². The fraction of sp³-hybridized carbons (Fsp3) is 0.500. The molecule has 1 aromatic rings. The molecule has 0 unspecified atom stereocenters. The summed E-state index contributed by atoms with van der Waals surface area (Å²) in [5, 5.41) is 0. The van der Waals surface area contributed by atoms with Crippen molar-refractivity contribution in [1.82, 2.24) is 0 Å². The van der Waals surface area contributed by atoms with Gasteiger partial charge in [-0.15, -0.1) is 0 Å². The fourth-order valence-electron chi connectivity index (χ4n) is 1.48. The Kier molecular flexibility index (Phi) is 4.10. The van der Waals surface area contributed by atoms with Gasteiger partial charge in [-0.25, -0.2) is 0 Å². The first-order valence-electron chi connectivity index (χ1n) is 5.30. The maximum absolute atomic E-state index is 12.0. The average molecular weight is 242 g/mol. The highest BCUT2D eigenvalue weighted by Gasteiger charge is 2.20. The number of benzene rings is 1. The second-order valence-electron chi connectivity index (χ2n) is 4.35. The van der Waals surface area contributed by atoms with Crippen molar-refractivity contribution in [2.75, 3.05) is 6.61 Å². The van der Waals surface area contributed by atoms with Gasteiger partial charge in [0.15, 0.2) is 0 Å². The van der Waals surface area contributed by atoms with E-state index in [0.717, 1.165) is 11.1 Å². The van der Waals surface area contributed by atoms with E-state index in [4.69, 9.17) is 4.18 Å². The molecule has 0 radical (unpaired) electrons. The molecule has 0 atom stereocenters. The fourth-order valence-corrected chi connectivity index (χ4v) is 2.97. The smallest absolute Gasteiger partial charge is 0.266 e. The zero-order valence-corrected chi connectivity index (χ0v) is 11.0. The van der Waals surface area contributed by atoms with Gasteiger partial charge in [-0.05, 0) is 30.9 Å². The SMILES string of the molecule is Cc1cccc(C)c1S(=O)(=O)OCC(C)C. The van der Waals surface area contributed by atoms with Gasteiger partial charge in [-0.2, -0.15) is 8.42 Å². The van der Waals surface area contributed by atoms with E-state index < -0.39 is 10.1 Å². The summed E-state index contributed by atoms with van der Waals surface area (Å²) in [5.74, 6) is 0.194. The molecule has 90 valence electrons. The van der Waals surface area contributed by atoms with Crippen LogP contribution < -0.4 is 0 Å². The zero-order chi connectivity index (χ0) is 12.3. The summed E-state index contributed by atoms with van der Waals surface area (Å²) >= 11 is 0. The van der Waals surface area contributed by atoms with E-state index in [2.05, 4.69) is 0 Å². The van der Waals surface area contributed by atoms with Crippen molar-refractivity contribution in [1.29, 1.82) is 0 Å². The van der Waals surface area contributed by atoms with Gasteiger partial charge in [0.25, 0.3) is 10.1 Å². The van der Waals surface area contributed by atoms with Gasteiger partial charge in [0, 0.05) is 0 Å². The molecule has 0 spiro atoms. The van der Waals surface area contributed by atoms with E-state index in [1.165, 1.54) is 0 Å². The molecule has 0 saturated heterocycles. The van der Waals surface area contributed by atoms with Gasteiger partial charge in [-0.1, -0.05) is 32.0 Å². The predicted molar refractivity (Wildman–Crippen MR) is 63.9 cm³/mol. The molecule has 0 N–H and O–H groups in total. The van der Waals surface area contributed by atoms with Gasteiger partial charge < -0.3 is 0 Å². The molecule has 1 aromatic carbocycles. The molecular weight excluding hydrogens is 224 g/mol. The first kappa shape index (κ1) is 13.2. The Morgan fingerprint density at radius 1 is 1.19 bits per heavy atom. The Bertz CT molecular complexity index is 441. The van der Waals surface area contributed by atoms with E-state index in [1.54, 1.807) is 26.0 Å². The number of hydrogen-bond donors (Lipinski definition) is 0. The molecule has 16 heavy (non-hydrogen) atoms. The maximum atomic E-state index is 12.0. The summed E-state index contributed by atoms with van der Waals surface area (Å²) in [6, 6.07) is 5.39. The first-order valence-corrected chi connectivity index (χ1v) is 6.71. The molecule has 0 fully saturated rings. The molecule has 1 rings (SSSR count). The summed E-state index contributed by atoms with van der Waals surface area (Å²) in [4.78, 5) is 0.302. The summed E-state index contributed by atoms with van der Waals surface area (Å²) in [5.41, 5.74) is 1.45. The number of hydrogen-bond acceptors (Lipinski definition) is 3. The minimum atomic E-state index is -3.62. The molecule has 0 bridgehead atoms. The standard InChI is InChI=1S/C12H18O3S/c1-9(2)8-15-16(13,14)12-10(3)6-5-7-11(12)4/h5-7,9H,8H2,1-4H3. The molecule has 0 saturated carbocycles. The maximum Gasteiger partial charge on any atom is 0.297 e. The van der Waals surface area contributed by atoms with Gasteiger partial charge in [0.05, 0.1) is 11.5 Å². The molecular formula is C12H18O3S. The third-order valence-corrected chi connectivity index (χ3v) is 3.81. The van der Waals surface area contributed by atoms with E-state index >= 15 is 0 Å². The van der Waals surface area contributed by atoms with E-state index in [9.17, 15) is 8.42 Å². The van der Waals surface area contributed by atoms with Gasteiger partial charge in [-0.3, -0.25) is 4.18 Å². The van der Waals surface area contributed by atoms with Crippen LogP contribution in [0.4, 0.5) is 0 Å². The Balaban J connectivity index is 3.08. The quantitative estimate of drug-likeness (QED) is 0.762. The normalized spacial score (nSPS) is 12.1. The topological polar surface area (TPSA) is 43.4 Å². The number of rotatable bonds is 4. The van der Waals surface area contributed by atoms with Crippen LogP contribution >= 0.6 is 0 Å². The van der Waals surface area contributed by atoms with Crippen LogP contribution in [0.1, 0.15) is 25.0 Å².